The number of hydrogen-bond acceptors (Lipinski definition) is 4. The summed E-state index contributed by atoms with van der Waals surface area (Å²) in [6, 6.07) is 8.19. The van der Waals surface area contributed by atoms with Gasteiger partial charge in [0.15, 0.2) is 0 Å². The molecule has 2 aromatic heterocycles. The Morgan fingerprint density at radius 1 is 1.33 bits per heavy atom. The SMILES string of the molecule is CN(CCNCc1ccccn1)Cc1ccsc1. The molecule has 0 saturated heterocycles. The van der Waals surface area contributed by atoms with E-state index in [-0.39, 0.29) is 0 Å². The van der Waals surface area contributed by atoms with Gasteiger partial charge < -0.3 is 10.2 Å². The van der Waals surface area contributed by atoms with Gasteiger partial charge in [-0.05, 0) is 41.6 Å². The zero-order valence-corrected chi connectivity index (χ0v) is 11.5. The highest BCUT2D eigenvalue weighted by Gasteiger charge is 2.00. The second-order valence-electron chi connectivity index (χ2n) is 4.37. The summed E-state index contributed by atoms with van der Waals surface area (Å²) in [6.07, 6.45) is 1.83. The molecule has 96 valence electrons. The average Bonchev–Trinajstić information content (AvgIpc) is 2.89. The number of thiophene rings is 1. The Labute approximate surface area is 112 Å². The van der Waals surface area contributed by atoms with Gasteiger partial charge in [0, 0.05) is 32.4 Å². The molecule has 0 amide bonds. The van der Waals surface area contributed by atoms with E-state index in [2.05, 4.69) is 39.1 Å². The highest BCUT2D eigenvalue weighted by atomic mass is 32.1. The maximum atomic E-state index is 4.28. The number of nitrogens with zero attached hydrogens (tertiary/aromatic N) is 2. The van der Waals surface area contributed by atoms with E-state index in [0.29, 0.717) is 0 Å². The summed E-state index contributed by atoms with van der Waals surface area (Å²) in [7, 11) is 2.15. The summed E-state index contributed by atoms with van der Waals surface area (Å²) in [6.45, 7) is 3.89. The second-order valence-corrected chi connectivity index (χ2v) is 5.15. The van der Waals surface area contributed by atoms with Crippen LogP contribution in [0.3, 0.4) is 0 Å². The van der Waals surface area contributed by atoms with Crippen LogP contribution in [0.4, 0.5) is 0 Å². The lowest BCUT2D eigenvalue weighted by molar-refractivity contribution is 0.324. The van der Waals surface area contributed by atoms with Gasteiger partial charge in [-0.1, -0.05) is 6.07 Å². The molecular formula is C14H19N3S. The van der Waals surface area contributed by atoms with Crippen LogP contribution in [0.5, 0.6) is 0 Å². The molecule has 2 heterocycles. The minimum absolute atomic E-state index is 0.840. The highest BCUT2D eigenvalue weighted by Crippen LogP contribution is 2.07. The van der Waals surface area contributed by atoms with E-state index in [4.69, 9.17) is 0 Å². The predicted molar refractivity (Wildman–Crippen MR) is 76.6 cm³/mol. The third-order valence-corrected chi connectivity index (χ3v) is 3.47. The molecule has 0 fully saturated rings. The van der Waals surface area contributed by atoms with Crippen LogP contribution in [-0.4, -0.2) is 30.0 Å². The lowest BCUT2D eigenvalue weighted by atomic mass is 10.3. The second kappa shape index (κ2) is 7.26. The van der Waals surface area contributed by atoms with Crippen molar-refractivity contribution < 1.29 is 0 Å². The molecule has 2 aromatic rings. The third-order valence-electron chi connectivity index (χ3n) is 2.74. The zero-order valence-electron chi connectivity index (χ0n) is 10.7. The van der Waals surface area contributed by atoms with E-state index >= 15 is 0 Å². The molecule has 0 aliphatic rings. The maximum absolute atomic E-state index is 4.28. The molecular weight excluding hydrogens is 242 g/mol. The fraction of sp³-hybridized carbons (Fsp3) is 0.357. The van der Waals surface area contributed by atoms with Crippen LogP contribution in [0.25, 0.3) is 0 Å². The quantitative estimate of drug-likeness (QED) is 0.776. The van der Waals surface area contributed by atoms with Crippen molar-refractivity contribution in [2.75, 3.05) is 20.1 Å². The van der Waals surface area contributed by atoms with E-state index in [1.165, 1.54) is 5.56 Å². The molecule has 0 radical (unpaired) electrons. The highest BCUT2D eigenvalue weighted by molar-refractivity contribution is 7.07. The van der Waals surface area contributed by atoms with Crippen molar-refractivity contribution in [3.63, 3.8) is 0 Å². The van der Waals surface area contributed by atoms with Crippen molar-refractivity contribution in [1.29, 1.82) is 0 Å². The van der Waals surface area contributed by atoms with Crippen LogP contribution in [0.2, 0.25) is 0 Å². The molecule has 18 heavy (non-hydrogen) atoms. The molecule has 0 atom stereocenters. The molecule has 0 aliphatic heterocycles. The molecule has 0 aliphatic carbocycles. The average molecular weight is 261 g/mol. The van der Waals surface area contributed by atoms with Crippen molar-refractivity contribution in [2.24, 2.45) is 0 Å². The Morgan fingerprint density at radius 3 is 3.00 bits per heavy atom. The van der Waals surface area contributed by atoms with E-state index < -0.39 is 0 Å². The van der Waals surface area contributed by atoms with Gasteiger partial charge in [-0.15, -0.1) is 0 Å². The van der Waals surface area contributed by atoms with E-state index in [0.717, 1.165) is 31.9 Å². The molecule has 1 N–H and O–H groups in total. The lowest BCUT2D eigenvalue weighted by Crippen LogP contribution is -2.28. The first-order chi connectivity index (χ1) is 8.84. The fourth-order valence-electron chi connectivity index (χ4n) is 1.76. The summed E-state index contributed by atoms with van der Waals surface area (Å²) in [5.74, 6) is 0. The van der Waals surface area contributed by atoms with Crippen molar-refractivity contribution in [1.82, 2.24) is 15.2 Å². The van der Waals surface area contributed by atoms with Crippen molar-refractivity contribution >= 4 is 11.3 Å². The van der Waals surface area contributed by atoms with E-state index in [1.54, 1.807) is 11.3 Å². The van der Waals surface area contributed by atoms with Crippen LogP contribution >= 0.6 is 11.3 Å². The molecule has 2 rings (SSSR count). The number of aromatic nitrogens is 1. The molecule has 4 heteroatoms. The van der Waals surface area contributed by atoms with Crippen molar-refractivity contribution in [3.8, 4) is 0 Å². The molecule has 3 nitrogen and oxygen atoms in total. The number of rotatable bonds is 7. The summed E-state index contributed by atoms with van der Waals surface area (Å²) < 4.78 is 0. The van der Waals surface area contributed by atoms with Crippen LogP contribution in [0, 0.1) is 0 Å². The molecule has 0 spiro atoms. The van der Waals surface area contributed by atoms with Gasteiger partial charge in [-0.25, -0.2) is 0 Å². The molecule has 0 bridgehead atoms. The van der Waals surface area contributed by atoms with Gasteiger partial charge in [0.1, 0.15) is 0 Å². The van der Waals surface area contributed by atoms with Gasteiger partial charge in [0.2, 0.25) is 0 Å². The maximum Gasteiger partial charge on any atom is 0.0541 e. The summed E-state index contributed by atoms with van der Waals surface area (Å²) in [4.78, 5) is 6.61. The number of hydrogen-bond donors (Lipinski definition) is 1. The molecule has 0 saturated carbocycles. The van der Waals surface area contributed by atoms with Crippen LogP contribution < -0.4 is 5.32 Å². The Balaban J connectivity index is 1.60. The number of likely N-dealkylation sites (N-methyl/N-ethyl adjacent to an activating group) is 1. The van der Waals surface area contributed by atoms with Gasteiger partial charge in [-0.2, -0.15) is 11.3 Å². The predicted octanol–water partition coefficient (Wildman–Crippen LogP) is 2.36. The largest absolute Gasteiger partial charge is 0.310 e. The van der Waals surface area contributed by atoms with Gasteiger partial charge in [0.05, 0.1) is 5.69 Å². The Kier molecular flexibility index (Phi) is 5.33. The first-order valence-corrected chi connectivity index (χ1v) is 7.09. The Morgan fingerprint density at radius 2 is 2.28 bits per heavy atom. The van der Waals surface area contributed by atoms with Crippen LogP contribution in [-0.2, 0) is 13.1 Å². The summed E-state index contributed by atoms with van der Waals surface area (Å²) in [5.41, 5.74) is 2.49. The van der Waals surface area contributed by atoms with E-state index in [1.807, 2.05) is 24.4 Å². The smallest absolute Gasteiger partial charge is 0.0541 e. The monoisotopic (exact) mass is 261 g/mol. The summed E-state index contributed by atoms with van der Waals surface area (Å²) >= 11 is 1.76. The van der Waals surface area contributed by atoms with E-state index in [9.17, 15) is 0 Å². The first-order valence-electron chi connectivity index (χ1n) is 6.15. The fourth-order valence-corrected chi connectivity index (χ4v) is 2.42. The lowest BCUT2D eigenvalue weighted by Gasteiger charge is -2.16. The van der Waals surface area contributed by atoms with Gasteiger partial charge in [-0.3, -0.25) is 4.98 Å². The normalized spacial score (nSPS) is 11.0. The Hall–Kier alpha value is -1.23. The van der Waals surface area contributed by atoms with Crippen molar-refractivity contribution in [3.05, 3.63) is 52.5 Å². The number of nitrogens with one attached hydrogen (secondary N) is 1. The topological polar surface area (TPSA) is 28.2 Å². The van der Waals surface area contributed by atoms with Crippen molar-refractivity contribution in [2.45, 2.75) is 13.1 Å². The standard InChI is InChI=1S/C14H19N3S/c1-17(11-13-5-9-18-12-13)8-7-15-10-14-4-2-3-6-16-14/h2-6,9,12,15H,7-8,10-11H2,1H3. The molecule has 0 aromatic carbocycles. The molecule has 0 unspecified atom stereocenters. The zero-order chi connectivity index (χ0) is 12.6. The third kappa shape index (κ3) is 4.56. The van der Waals surface area contributed by atoms with Gasteiger partial charge in [0.25, 0.3) is 0 Å². The number of pyridine rings is 1. The van der Waals surface area contributed by atoms with Gasteiger partial charge >= 0.3 is 0 Å². The summed E-state index contributed by atoms with van der Waals surface area (Å²) in [5, 5.41) is 7.74. The first kappa shape index (κ1) is 13.2. The Bertz CT molecular complexity index is 428. The minimum Gasteiger partial charge on any atom is -0.310 e. The van der Waals surface area contributed by atoms with Crippen LogP contribution in [0.15, 0.2) is 41.2 Å². The minimum atomic E-state index is 0.840. The van der Waals surface area contributed by atoms with Crippen LogP contribution in [0.1, 0.15) is 11.3 Å².